The summed E-state index contributed by atoms with van der Waals surface area (Å²) in [4.78, 5) is 11.1. The third-order valence-corrected chi connectivity index (χ3v) is 3.43. The van der Waals surface area contributed by atoms with E-state index in [4.69, 9.17) is 0 Å². The molecule has 0 bridgehead atoms. The van der Waals surface area contributed by atoms with Gasteiger partial charge in [-0.25, -0.2) is 14.2 Å². The number of halogens is 2. The number of rotatable bonds is 8. The van der Waals surface area contributed by atoms with Crippen LogP contribution in [0.5, 0.6) is 0 Å². The molecule has 0 radical (unpaired) electrons. The lowest BCUT2D eigenvalue weighted by atomic mass is 10.7. The molecule has 0 aliphatic carbocycles. The number of nitrogens with one attached hydrogen (secondary N) is 1. The summed E-state index contributed by atoms with van der Waals surface area (Å²) in [6.07, 6.45) is 2.28. The van der Waals surface area contributed by atoms with Crippen molar-refractivity contribution in [3.05, 3.63) is 25.3 Å². The molecule has 6 nitrogen and oxygen atoms in total. The van der Waals surface area contributed by atoms with Crippen molar-refractivity contribution >= 4 is 21.2 Å². The predicted molar refractivity (Wildman–Crippen MR) is 58.3 cm³/mol. The Balaban J connectivity index is 4.83. The molecule has 0 aliphatic rings. The first kappa shape index (κ1) is 16.2. The second-order valence-electron chi connectivity index (χ2n) is 2.55. The van der Waals surface area contributed by atoms with Gasteiger partial charge in [0.15, 0.2) is 0 Å². The van der Waals surface area contributed by atoms with Crippen LogP contribution in [0.25, 0.3) is 0 Å². The maximum Gasteiger partial charge on any atom is 0.511 e. The van der Waals surface area contributed by atoms with Crippen molar-refractivity contribution < 1.29 is 31.4 Å². The highest BCUT2D eigenvalue weighted by Gasteiger charge is 2.39. The van der Waals surface area contributed by atoms with Gasteiger partial charge in [-0.1, -0.05) is 12.2 Å². The molecule has 0 heterocycles. The van der Waals surface area contributed by atoms with Gasteiger partial charge < -0.3 is 0 Å². The summed E-state index contributed by atoms with van der Waals surface area (Å²) in [6, 6.07) is 0. The van der Waals surface area contributed by atoms with E-state index >= 15 is 0 Å². The van der Waals surface area contributed by atoms with Crippen molar-refractivity contribution in [3.63, 3.8) is 0 Å². The average Bonchev–Trinajstić information content (AvgIpc) is 2.21. The van der Waals surface area contributed by atoms with Gasteiger partial charge in [-0.15, -0.1) is 21.6 Å². The van der Waals surface area contributed by atoms with Crippen molar-refractivity contribution in [3.8, 4) is 0 Å². The third kappa shape index (κ3) is 6.48. The molecule has 98 valence electrons. The number of carbonyl (C=O) groups excluding carboxylic acids is 1. The van der Waals surface area contributed by atoms with Gasteiger partial charge in [0.1, 0.15) is 0 Å². The highest BCUT2D eigenvalue weighted by atomic mass is 31.2. The Kier molecular flexibility index (Phi) is 6.49. The molecule has 0 aromatic rings. The van der Waals surface area contributed by atoms with Gasteiger partial charge in [0.2, 0.25) is 0 Å². The van der Waals surface area contributed by atoms with Crippen LogP contribution < -0.4 is 5.09 Å². The van der Waals surface area contributed by atoms with Crippen LogP contribution in [0.3, 0.4) is 0 Å². The Labute approximate surface area is 96.9 Å². The molecule has 1 amide bonds. The monoisotopic (exact) mass is 289 g/mol. The van der Waals surface area contributed by atoms with Gasteiger partial charge in [0, 0.05) is 0 Å². The molecule has 0 aliphatic heterocycles. The lowest BCUT2D eigenvalue weighted by Gasteiger charge is -2.15. The maximum absolute atomic E-state index is 12.1. The first-order valence-corrected chi connectivity index (χ1v) is 7.21. The van der Waals surface area contributed by atoms with Crippen molar-refractivity contribution in [2.75, 3.05) is 13.2 Å². The Morgan fingerprint density at radius 1 is 1.18 bits per heavy atom. The predicted octanol–water partition coefficient (Wildman–Crippen LogP) is 3.34. The number of carbonyl (C=O) groups is 1. The average molecular weight is 289 g/mol. The van der Waals surface area contributed by atoms with E-state index in [1.54, 1.807) is 0 Å². The molecule has 0 unspecified atom stereocenters. The molecule has 1 N–H and O–H groups in total. The number of hydrogen-bond acceptors (Lipinski definition) is 5. The maximum atomic E-state index is 12.1. The van der Waals surface area contributed by atoms with Crippen molar-refractivity contribution in [1.82, 2.24) is 5.09 Å². The molecule has 10 heteroatoms. The molecule has 0 spiro atoms. The zero-order valence-electron chi connectivity index (χ0n) is 8.67. The second-order valence-corrected chi connectivity index (χ2v) is 5.61. The fraction of sp³-hybridized carbons (Fsp3) is 0.286. The normalized spacial score (nSPS) is 11.9. The molecular formula is C7H11F2NO5P2. The molecule has 0 aromatic carbocycles. The SMILES string of the molecule is C=CCOP(=O)(OCC=C)C(=O)NP(=O)(F)F. The second kappa shape index (κ2) is 6.81. The van der Waals surface area contributed by atoms with Gasteiger partial charge in [-0.3, -0.25) is 13.8 Å². The van der Waals surface area contributed by atoms with Crippen molar-refractivity contribution in [1.29, 1.82) is 0 Å². The summed E-state index contributed by atoms with van der Waals surface area (Å²) in [5.41, 5.74) is -1.77. The van der Waals surface area contributed by atoms with Crippen LogP contribution in [0.2, 0.25) is 0 Å². The summed E-state index contributed by atoms with van der Waals surface area (Å²) in [6.45, 7) is 5.73. The molecule has 0 saturated heterocycles. The van der Waals surface area contributed by atoms with Gasteiger partial charge >= 0.3 is 21.2 Å². The van der Waals surface area contributed by atoms with Crippen LogP contribution in [0.1, 0.15) is 0 Å². The standard InChI is InChI=1S/C7H11F2NO5P2/c1-3-5-14-16(12,15-6-4-2)7(11)10-17(8,9)13/h3-4H,1-2,5-6H2,(H,10,11,13). The first-order chi connectivity index (χ1) is 7.75. The minimum atomic E-state index is -5.87. The zero-order valence-corrected chi connectivity index (χ0v) is 10.5. The van der Waals surface area contributed by atoms with Gasteiger partial charge in [0.25, 0.3) is 0 Å². The smallest absolute Gasteiger partial charge is 0.298 e. The summed E-state index contributed by atoms with van der Waals surface area (Å²) < 4.78 is 55.0. The van der Waals surface area contributed by atoms with E-state index in [2.05, 4.69) is 22.2 Å². The van der Waals surface area contributed by atoms with Gasteiger partial charge in [-0.05, 0) is 0 Å². The summed E-state index contributed by atoms with van der Waals surface area (Å²) >= 11 is 0. The first-order valence-electron chi connectivity index (χ1n) is 4.18. The van der Waals surface area contributed by atoms with E-state index in [1.165, 1.54) is 0 Å². The van der Waals surface area contributed by atoms with Crippen molar-refractivity contribution in [2.24, 2.45) is 0 Å². The molecule has 0 saturated carbocycles. The van der Waals surface area contributed by atoms with Crippen LogP contribution in [0.4, 0.5) is 13.2 Å². The van der Waals surface area contributed by atoms with E-state index in [0.29, 0.717) is 0 Å². The topological polar surface area (TPSA) is 81.7 Å². The molecule has 0 fully saturated rings. The van der Waals surface area contributed by atoms with Gasteiger partial charge in [0.05, 0.1) is 13.2 Å². The number of amides is 1. The van der Waals surface area contributed by atoms with Crippen LogP contribution >= 0.6 is 15.5 Å². The van der Waals surface area contributed by atoms with Crippen LogP contribution in [0.15, 0.2) is 25.3 Å². The third-order valence-electron chi connectivity index (χ3n) is 1.20. The minimum Gasteiger partial charge on any atom is -0.298 e. The summed E-state index contributed by atoms with van der Waals surface area (Å²) in [5, 5.41) is 0.779. The largest absolute Gasteiger partial charge is 0.511 e. The van der Waals surface area contributed by atoms with E-state index in [9.17, 15) is 22.3 Å². The Morgan fingerprint density at radius 3 is 1.88 bits per heavy atom. The van der Waals surface area contributed by atoms with Crippen LogP contribution in [-0.4, -0.2) is 18.9 Å². The fourth-order valence-electron chi connectivity index (χ4n) is 0.629. The summed E-state index contributed by atoms with van der Waals surface area (Å²) in [5.74, 6) is 0. The molecule has 0 rings (SSSR count). The fourth-order valence-corrected chi connectivity index (χ4v) is 2.60. The minimum absolute atomic E-state index is 0.356. The molecule has 0 aromatic heterocycles. The van der Waals surface area contributed by atoms with Gasteiger partial charge in [-0.2, -0.15) is 0 Å². The van der Waals surface area contributed by atoms with Crippen molar-refractivity contribution in [2.45, 2.75) is 0 Å². The van der Waals surface area contributed by atoms with E-state index < -0.39 is 21.2 Å². The number of hydrogen-bond donors (Lipinski definition) is 1. The van der Waals surface area contributed by atoms with Crippen LogP contribution in [-0.2, 0) is 18.2 Å². The highest BCUT2D eigenvalue weighted by Crippen LogP contribution is 2.54. The van der Waals surface area contributed by atoms with E-state index in [0.717, 1.165) is 17.2 Å². The summed E-state index contributed by atoms with van der Waals surface area (Å²) in [7, 11) is -10.4. The highest BCUT2D eigenvalue weighted by molar-refractivity contribution is 7.73. The lowest BCUT2D eigenvalue weighted by Crippen LogP contribution is -2.18. The molecule has 0 atom stereocenters. The lowest BCUT2D eigenvalue weighted by molar-refractivity contribution is 0.219. The van der Waals surface area contributed by atoms with Crippen LogP contribution in [0, 0.1) is 0 Å². The Morgan fingerprint density at radius 2 is 1.59 bits per heavy atom. The Bertz CT molecular complexity index is 378. The zero-order chi connectivity index (χ0) is 13.5. The van der Waals surface area contributed by atoms with E-state index in [1.807, 2.05) is 0 Å². The molecular weight excluding hydrogens is 278 g/mol. The molecule has 17 heavy (non-hydrogen) atoms. The quantitative estimate of drug-likeness (QED) is 0.547. The van der Waals surface area contributed by atoms with E-state index in [-0.39, 0.29) is 13.2 Å². The Hall–Kier alpha value is -0.810.